The number of piperazine rings is 1. The molecule has 0 aliphatic carbocycles. The van der Waals surface area contributed by atoms with Crippen LogP contribution in [0.4, 0.5) is 0 Å². The van der Waals surface area contributed by atoms with E-state index in [0.29, 0.717) is 5.92 Å². The third-order valence-corrected chi connectivity index (χ3v) is 4.60. The molecule has 0 N–H and O–H groups in total. The summed E-state index contributed by atoms with van der Waals surface area (Å²) in [5.74, 6) is 1.61. The molecule has 1 aromatic carbocycles. The molecule has 0 bridgehead atoms. The molecular formula is C18H29BrN2O. The van der Waals surface area contributed by atoms with Gasteiger partial charge in [0.05, 0.1) is 6.61 Å². The smallest absolute Gasteiger partial charge is 0.122 e. The Morgan fingerprint density at radius 2 is 1.91 bits per heavy atom. The average molecular weight is 369 g/mol. The Bertz CT molecular complexity index is 456. The summed E-state index contributed by atoms with van der Waals surface area (Å²) in [6.45, 7) is 11.1. The highest BCUT2D eigenvalue weighted by atomic mass is 79.9. The second-order valence-corrected chi connectivity index (χ2v) is 7.62. The summed E-state index contributed by atoms with van der Waals surface area (Å²) >= 11 is 3.58. The van der Waals surface area contributed by atoms with Crippen LogP contribution in [0.3, 0.4) is 0 Å². The van der Waals surface area contributed by atoms with Gasteiger partial charge in [-0.25, -0.2) is 0 Å². The Morgan fingerprint density at radius 1 is 1.18 bits per heavy atom. The lowest BCUT2D eigenvalue weighted by Crippen LogP contribution is -2.44. The molecule has 1 aromatic rings. The van der Waals surface area contributed by atoms with Gasteiger partial charge >= 0.3 is 0 Å². The van der Waals surface area contributed by atoms with E-state index in [-0.39, 0.29) is 0 Å². The largest absolute Gasteiger partial charge is 0.493 e. The first kappa shape index (κ1) is 17.8. The minimum absolute atomic E-state index is 0.557. The van der Waals surface area contributed by atoms with Crippen molar-refractivity contribution >= 4 is 15.9 Å². The van der Waals surface area contributed by atoms with Crippen molar-refractivity contribution in [3.05, 3.63) is 28.2 Å². The maximum absolute atomic E-state index is 5.97. The summed E-state index contributed by atoms with van der Waals surface area (Å²) < 4.78 is 7.11. The van der Waals surface area contributed by atoms with Gasteiger partial charge in [-0.2, -0.15) is 0 Å². The predicted molar refractivity (Wildman–Crippen MR) is 96.7 cm³/mol. The maximum Gasteiger partial charge on any atom is 0.122 e. The fourth-order valence-electron chi connectivity index (χ4n) is 2.71. The van der Waals surface area contributed by atoms with Crippen molar-refractivity contribution in [3.8, 4) is 5.75 Å². The molecule has 0 radical (unpaired) electrons. The van der Waals surface area contributed by atoms with Crippen molar-refractivity contribution in [2.45, 2.75) is 26.7 Å². The van der Waals surface area contributed by atoms with Crippen molar-refractivity contribution in [1.82, 2.24) is 9.80 Å². The molecule has 1 heterocycles. The van der Waals surface area contributed by atoms with Crippen LogP contribution in [-0.4, -0.2) is 56.2 Å². The fourth-order valence-corrected chi connectivity index (χ4v) is 3.11. The van der Waals surface area contributed by atoms with E-state index in [1.54, 1.807) is 0 Å². The Kier molecular flexibility index (Phi) is 7.19. The van der Waals surface area contributed by atoms with Gasteiger partial charge < -0.3 is 14.5 Å². The Balaban J connectivity index is 1.84. The van der Waals surface area contributed by atoms with Gasteiger partial charge in [-0.1, -0.05) is 29.8 Å². The van der Waals surface area contributed by atoms with Gasteiger partial charge in [0.2, 0.25) is 0 Å². The molecule has 0 spiro atoms. The Morgan fingerprint density at radius 3 is 2.59 bits per heavy atom. The Labute approximate surface area is 143 Å². The minimum Gasteiger partial charge on any atom is -0.493 e. The fraction of sp³-hybridized carbons (Fsp3) is 0.667. The second kappa shape index (κ2) is 8.90. The van der Waals surface area contributed by atoms with Gasteiger partial charge in [-0.15, -0.1) is 0 Å². The first-order chi connectivity index (χ1) is 10.5. The van der Waals surface area contributed by atoms with Crippen molar-refractivity contribution in [3.63, 3.8) is 0 Å². The quantitative estimate of drug-likeness (QED) is 0.730. The van der Waals surface area contributed by atoms with E-state index in [4.69, 9.17) is 4.74 Å². The van der Waals surface area contributed by atoms with Gasteiger partial charge in [0.1, 0.15) is 5.75 Å². The number of hydrogen-bond donors (Lipinski definition) is 0. The molecule has 0 saturated carbocycles. The van der Waals surface area contributed by atoms with Crippen molar-refractivity contribution in [2.24, 2.45) is 5.92 Å². The van der Waals surface area contributed by atoms with Crippen LogP contribution in [0.1, 0.15) is 25.8 Å². The molecule has 0 amide bonds. The van der Waals surface area contributed by atoms with Gasteiger partial charge in [0.15, 0.2) is 0 Å². The molecule has 0 unspecified atom stereocenters. The topological polar surface area (TPSA) is 15.7 Å². The molecule has 124 valence electrons. The third-order valence-electron chi connectivity index (χ3n) is 4.11. The van der Waals surface area contributed by atoms with E-state index in [0.717, 1.165) is 23.2 Å². The van der Waals surface area contributed by atoms with Crippen LogP contribution in [0.5, 0.6) is 5.75 Å². The predicted octanol–water partition coefficient (Wildman–Crippen LogP) is 3.66. The molecule has 0 aromatic heterocycles. The number of aryl methyl sites for hydroxylation is 1. The summed E-state index contributed by atoms with van der Waals surface area (Å²) in [5, 5.41) is 0. The molecule has 1 fully saturated rings. The summed E-state index contributed by atoms with van der Waals surface area (Å²) in [5.41, 5.74) is 1.32. The summed E-state index contributed by atoms with van der Waals surface area (Å²) in [7, 11) is 2.21. The highest BCUT2D eigenvalue weighted by molar-refractivity contribution is 9.10. The monoisotopic (exact) mass is 368 g/mol. The van der Waals surface area contributed by atoms with E-state index in [1.165, 1.54) is 44.7 Å². The summed E-state index contributed by atoms with van der Waals surface area (Å²) in [6, 6.07) is 6.37. The molecule has 4 heteroatoms. The molecule has 0 atom stereocenters. The summed E-state index contributed by atoms with van der Waals surface area (Å²) in [6.07, 6.45) is 2.28. The molecular weight excluding hydrogens is 340 g/mol. The van der Waals surface area contributed by atoms with Crippen LogP contribution in [-0.2, 0) is 6.42 Å². The number of benzene rings is 1. The SMILES string of the molecule is CC(C)COc1ccc(Br)cc1CCCN1CCN(C)CC1. The molecule has 1 saturated heterocycles. The van der Waals surface area contributed by atoms with Gasteiger partial charge in [0, 0.05) is 30.7 Å². The van der Waals surface area contributed by atoms with Crippen LogP contribution in [0.25, 0.3) is 0 Å². The van der Waals surface area contributed by atoms with Crippen LogP contribution >= 0.6 is 15.9 Å². The average Bonchev–Trinajstić information content (AvgIpc) is 2.48. The van der Waals surface area contributed by atoms with Crippen LogP contribution in [0.2, 0.25) is 0 Å². The van der Waals surface area contributed by atoms with E-state index < -0.39 is 0 Å². The van der Waals surface area contributed by atoms with Crippen molar-refractivity contribution in [2.75, 3.05) is 46.4 Å². The normalized spacial score (nSPS) is 17.1. The highest BCUT2D eigenvalue weighted by Gasteiger charge is 2.13. The van der Waals surface area contributed by atoms with Gasteiger partial charge in [-0.05, 0) is 56.1 Å². The number of nitrogens with zero attached hydrogens (tertiary/aromatic N) is 2. The number of likely N-dealkylation sites (N-methyl/N-ethyl adjacent to an activating group) is 1. The van der Waals surface area contributed by atoms with Gasteiger partial charge in [-0.3, -0.25) is 0 Å². The summed E-state index contributed by atoms with van der Waals surface area (Å²) in [4.78, 5) is 4.98. The zero-order valence-corrected chi connectivity index (χ0v) is 15.7. The van der Waals surface area contributed by atoms with Crippen LogP contribution in [0.15, 0.2) is 22.7 Å². The third kappa shape index (κ3) is 5.90. The first-order valence-electron chi connectivity index (χ1n) is 8.36. The second-order valence-electron chi connectivity index (χ2n) is 6.71. The molecule has 1 aliphatic heterocycles. The van der Waals surface area contributed by atoms with Gasteiger partial charge in [0.25, 0.3) is 0 Å². The Hall–Kier alpha value is -0.580. The molecule has 3 nitrogen and oxygen atoms in total. The van der Waals surface area contributed by atoms with Crippen molar-refractivity contribution in [1.29, 1.82) is 0 Å². The van der Waals surface area contributed by atoms with Crippen LogP contribution in [0, 0.1) is 5.92 Å². The lowest BCUT2D eigenvalue weighted by molar-refractivity contribution is 0.153. The standard InChI is InChI=1S/C18H29BrN2O/c1-15(2)14-22-18-7-6-17(19)13-16(18)5-4-8-21-11-9-20(3)10-12-21/h6-7,13,15H,4-5,8-12,14H2,1-3H3. The number of ether oxygens (including phenoxy) is 1. The number of rotatable bonds is 7. The van der Waals surface area contributed by atoms with Crippen molar-refractivity contribution < 1.29 is 4.74 Å². The van der Waals surface area contributed by atoms with E-state index in [2.05, 4.69) is 64.8 Å². The highest BCUT2D eigenvalue weighted by Crippen LogP contribution is 2.25. The number of halogens is 1. The lowest BCUT2D eigenvalue weighted by atomic mass is 10.1. The lowest BCUT2D eigenvalue weighted by Gasteiger charge is -2.32. The van der Waals surface area contributed by atoms with E-state index in [9.17, 15) is 0 Å². The zero-order valence-electron chi connectivity index (χ0n) is 14.1. The minimum atomic E-state index is 0.557. The molecule has 22 heavy (non-hydrogen) atoms. The maximum atomic E-state index is 5.97. The molecule has 1 aliphatic rings. The van der Waals surface area contributed by atoms with E-state index >= 15 is 0 Å². The van der Waals surface area contributed by atoms with Crippen LogP contribution < -0.4 is 4.74 Å². The zero-order chi connectivity index (χ0) is 15.9. The first-order valence-corrected chi connectivity index (χ1v) is 9.16. The molecule has 2 rings (SSSR count). The number of hydrogen-bond acceptors (Lipinski definition) is 3. The van der Waals surface area contributed by atoms with E-state index in [1.807, 2.05) is 0 Å².